The zero-order chi connectivity index (χ0) is 17.5. The van der Waals surface area contributed by atoms with Crippen molar-refractivity contribution in [1.82, 2.24) is 5.32 Å². The average Bonchev–Trinajstić information content (AvgIpc) is 2.55. The molecule has 2 aromatic rings. The summed E-state index contributed by atoms with van der Waals surface area (Å²) in [6.45, 7) is 8.68. The van der Waals surface area contributed by atoms with Crippen molar-refractivity contribution in [1.29, 1.82) is 0 Å². The number of amides is 1. The Bertz CT molecular complexity index is 697. The van der Waals surface area contributed by atoms with E-state index in [1.165, 1.54) is 5.56 Å². The van der Waals surface area contributed by atoms with Crippen molar-refractivity contribution < 1.29 is 14.3 Å². The maximum atomic E-state index is 12.1. The van der Waals surface area contributed by atoms with Gasteiger partial charge >= 0.3 is 0 Å². The lowest BCUT2D eigenvalue weighted by atomic mass is 10.1. The molecule has 0 unspecified atom stereocenters. The molecule has 1 amide bonds. The van der Waals surface area contributed by atoms with Gasteiger partial charge in [0.05, 0.1) is 6.54 Å². The van der Waals surface area contributed by atoms with Gasteiger partial charge in [0.1, 0.15) is 18.1 Å². The molecule has 0 saturated carbocycles. The van der Waals surface area contributed by atoms with E-state index in [9.17, 15) is 4.79 Å². The second-order valence-corrected chi connectivity index (χ2v) is 5.96. The van der Waals surface area contributed by atoms with Crippen LogP contribution in [0.25, 0.3) is 0 Å². The Morgan fingerprint density at radius 1 is 1.04 bits per heavy atom. The maximum absolute atomic E-state index is 12.1. The number of carbonyl (C=O) groups excluding carboxylic acids is 1. The molecule has 128 valence electrons. The lowest BCUT2D eigenvalue weighted by Crippen LogP contribution is -2.38. The summed E-state index contributed by atoms with van der Waals surface area (Å²) in [4.78, 5) is 12.1. The Morgan fingerprint density at radius 3 is 2.54 bits per heavy atom. The third kappa shape index (κ3) is 5.30. The molecular formula is C20H25NO3. The summed E-state index contributed by atoms with van der Waals surface area (Å²) in [7, 11) is 0. The van der Waals surface area contributed by atoms with Gasteiger partial charge in [-0.25, -0.2) is 0 Å². The number of carbonyl (C=O) groups is 1. The molecule has 0 spiro atoms. The van der Waals surface area contributed by atoms with Crippen LogP contribution in [0.1, 0.15) is 23.6 Å². The molecule has 24 heavy (non-hydrogen) atoms. The molecular weight excluding hydrogens is 302 g/mol. The van der Waals surface area contributed by atoms with Gasteiger partial charge in [0.15, 0.2) is 6.10 Å². The fourth-order valence-electron chi connectivity index (χ4n) is 2.24. The lowest BCUT2D eigenvalue weighted by molar-refractivity contribution is -0.127. The molecule has 0 bridgehead atoms. The van der Waals surface area contributed by atoms with E-state index < -0.39 is 6.10 Å². The van der Waals surface area contributed by atoms with Crippen LogP contribution in [0.2, 0.25) is 0 Å². The Morgan fingerprint density at radius 2 is 1.83 bits per heavy atom. The molecule has 1 atom stereocenters. The molecule has 0 aliphatic heterocycles. The first kappa shape index (κ1) is 17.9. The van der Waals surface area contributed by atoms with Crippen molar-refractivity contribution in [2.75, 3.05) is 13.2 Å². The van der Waals surface area contributed by atoms with Gasteiger partial charge in [-0.3, -0.25) is 4.79 Å². The van der Waals surface area contributed by atoms with Crippen molar-refractivity contribution >= 4 is 5.91 Å². The fraction of sp³-hybridized carbons (Fsp3) is 0.350. The lowest BCUT2D eigenvalue weighted by Gasteiger charge is -2.16. The van der Waals surface area contributed by atoms with Gasteiger partial charge in [-0.15, -0.1) is 0 Å². The molecule has 4 heteroatoms. The average molecular weight is 327 g/mol. The van der Waals surface area contributed by atoms with Gasteiger partial charge in [-0.05, 0) is 68.7 Å². The molecule has 0 saturated heterocycles. The Kier molecular flexibility index (Phi) is 6.24. The Hall–Kier alpha value is -2.49. The van der Waals surface area contributed by atoms with Crippen LogP contribution < -0.4 is 14.8 Å². The quantitative estimate of drug-likeness (QED) is 0.791. The second-order valence-electron chi connectivity index (χ2n) is 5.96. The van der Waals surface area contributed by atoms with Crippen molar-refractivity contribution in [3.63, 3.8) is 0 Å². The Balaban J connectivity index is 1.74. The van der Waals surface area contributed by atoms with E-state index in [2.05, 4.69) is 5.32 Å². The van der Waals surface area contributed by atoms with Crippen LogP contribution in [0.3, 0.4) is 0 Å². The van der Waals surface area contributed by atoms with Crippen LogP contribution in [0.4, 0.5) is 0 Å². The maximum Gasteiger partial charge on any atom is 0.260 e. The highest BCUT2D eigenvalue weighted by Gasteiger charge is 2.14. The van der Waals surface area contributed by atoms with E-state index in [0.29, 0.717) is 18.9 Å². The number of nitrogens with one attached hydrogen (secondary N) is 1. The predicted octanol–water partition coefficient (Wildman–Crippen LogP) is 3.57. The topological polar surface area (TPSA) is 47.6 Å². The number of ether oxygens (including phenoxy) is 2. The van der Waals surface area contributed by atoms with E-state index in [1.54, 1.807) is 6.92 Å². The molecule has 4 nitrogen and oxygen atoms in total. The summed E-state index contributed by atoms with van der Waals surface area (Å²) in [5.74, 6) is 1.36. The molecule has 0 heterocycles. The zero-order valence-electron chi connectivity index (χ0n) is 14.8. The molecule has 1 N–H and O–H groups in total. The second kappa shape index (κ2) is 8.39. The molecule has 2 rings (SSSR count). The van der Waals surface area contributed by atoms with Gasteiger partial charge in [0.25, 0.3) is 5.91 Å². The van der Waals surface area contributed by atoms with Crippen LogP contribution in [0.5, 0.6) is 11.5 Å². The first-order chi connectivity index (χ1) is 11.5. The summed E-state index contributed by atoms with van der Waals surface area (Å²) in [5, 5.41) is 2.82. The van der Waals surface area contributed by atoms with Gasteiger partial charge in [-0.1, -0.05) is 18.2 Å². The fourth-order valence-corrected chi connectivity index (χ4v) is 2.24. The summed E-state index contributed by atoms with van der Waals surface area (Å²) < 4.78 is 11.3. The standard InChI is InChI=1S/C20H25NO3/c1-14-6-5-7-18(12-14)23-11-10-21-20(22)17(4)24-19-9-8-15(2)16(3)13-19/h5-9,12-13,17H,10-11H2,1-4H3,(H,21,22)/t17-/m1/s1. The first-order valence-electron chi connectivity index (χ1n) is 8.17. The largest absolute Gasteiger partial charge is 0.492 e. The molecule has 0 radical (unpaired) electrons. The number of rotatable bonds is 7. The van der Waals surface area contributed by atoms with Crippen molar-refractivity contribution in [2.24, 2.45) is 0 Å². The zero-order valence-corrected chi connectivity index (χ0v) is 14.8. The van der Waals surface area contributed by atoms with E-state index in [-0.39, 0.29) is 5.91 Å². The molecule has 0 fully saturated rings. The minimum absolute atomic E-state index is 0.152. The predicted molar refractivity (Wildman–Crippen MR) is 95.7 cm³/mol. The van der Waals surface area contributed by atoms with Crippen LogP contribution in [-0.4, -0.2) is 25.2 Å². The van der Waals surface area contributed by atoms with E-state index in [1.807, 2.05) is 63.2 Å². The molecule has 0 aliphatic rings. The van der Waals surface area contributed by atoms with Gasteiger partial charge in [0.2, 0.25) is 0 Å². The third-order valence-electron chi connectivity index (χ3n) is 3.82. The highest BCUT2D eigenvalue weighted by molar-refractivity contribution is 5.80. The van der Waals surface area contributed by atoms with Gasteiger partial charge in [0, 0.05) is 0 Å². The number of benzene rings is 2. The monoisotopic (exact) mass is 327 g/mol. The van der Waals surface area contributed by atoms with Gasteiger partial charge in [-0.2, -0.15) is 0 Å². The number of aryl methyl sites for hydroxylation is 3. The minimum atomic E-state index is -0.550. The summed E-state index contributed by atoms with van der Waals surface area (Å²) in [5.41, 5.74) is 3.49. The van der Waals surface area contributed by atoms with Crippen LogP contribution in [0.15, 0.2) is 42.5 Å². The highest BCUT2D eigenvalue weighted by atomic mass is 16.5. The van der Waals surface area contributed by atoms with Crippen molar-refractivity contribution in [3.8, 4) is 11.5 Å². The molecule has 0 aromatic heterocycles. The highest BCUT2D eigenvalue weighted by Crippen LogP contribution is 2.17. The van der Waals surface area contributed by atoms with Crippen molar-refractivity contribution in [2.45, 2.75) is 33.8 Å². The summed E-state index contributed by atoms with van der Waals surface area (Å²) in [6, 6.07) is 13.6. The van der Waals surface area contributed by atoms with E-state index >= 15 is 0 Å². The third-order valence-corrected chi connectivity index (χ3v) is 3.82. The van der Waals surface area contributed by atoms with Crippen LogP contribution in [0, 0.1) is 20.8 Å². The Labute approximate surface area is 143 Å². The SMILES string of the molecule is Cc1cccc(OCCNC(=O)[C@@H](C)Oc2ccc(C)c(C)c2)c1. The number of hydrogen-bond donors (Lipinski definition) is 1. The number of hydrogen-bond acceptors (Lipinski definition) is 3. The van der Waals surface area contributed by atoms with Gasteiger partial charge < -0.3 is 14.8 Å². The summed E-state index contributed by atoms with van der Waals surface area (Å²) >= 11 is 0. The van der Waals surface area contributed by atoms with E-state index in [0.717, 1.165) is 16.9 Å². The van der Waals surface area contributed by atoms with Crippen LogP contribution >= 0.6 is 0 Å². The minimum Gasteiger partial charge on any atom is -0.492 e. The first-order valence-corrected chi connectivity index (χ1v) is 8.17. The van der Waals surface area contributed by atoms with Crippen molar-refractivity contribution in [3.05, 3.63) is 59.2 Å². The normalized spacial score (nSPS) is 11.7. The van der Waals surface area contributed by atoms with E-state index in [4.69, 9.17) is 9.47 Å². The molecule has 2 aromatic carbocycles. The smallest absolute Gasteiger partial charge is 0.260 e. The van der Waals surface area contributed by atoms with Crippen LogP contribution in [-0.2, 0) is 4.79 Å². The summed E-state index contributed by atoms with van der Waals surface area (Å²) in [6.07, 6.45) is -0.550. The molecule has 0 aliphatic carbocycles.